The topological polar surface area (TPSA) is 41.1 Å². The Kier molecular flexibility index (Phi) is 5.12. The van der Waals surface area contributed by atoms with Crippen LogP contribution < -0.4 is 10.6 Å². The average molecular weight is 272 g/mol. The first kappa shape index (κ1) is 14.1. The highest BCUT2D eigenvalue weighted by atomic mass is 19.1. The lowest BCUT2D eigenvalue weighted by atomic mass is 10.1. The number of rotatable bonds is 5. The van der Waals surface area contributed by atoms with Crippen molar-refractivity contribution >= 4 is 6.03 Å². The van der Waals surface area contributed by atoms with Crippen LogP contribution in [0.2, 0.25) is 0 Å². The third-order valence-electron chi connectivity index (χ3n) is 2.88. The highest BCUT2D eigenvalue weighted by molar-refractivity contribution is 5.73. The Hall–Kier alpha value is -2.36. The lowest BCUT2D eigenvalue weighted by Gasteiger charge is -2.08. The first-order valence-electron chi connectivity index (χ1n) is 6.54. The predicted octanol–water partition coefficient (Wildman–Crippen LogP) is 2.87. The molecule has 0 aromatic heterocycles. The van der Waals surface area contributed by atoms with Crippen LogP contribution >= 0.6 is 0 Å². The van der Waals surface area contributed by atoms with Gasteiger partial charge in [0, 0.05) is 13.1 Å². The molecule has 4 heteroatoms. The molecule has 20 heavy (non-hydrogen) atoms. The van der Waals surface area contributed by atoms with E-state index in [1.165, 1.54) is 17.7 Å². The monoisotopic (exact) mass is 272 g/mol. The molecule has 0 aliphatic carbocycles. The van der Waals surface area contributed by atoms with Gasteiger partial charge in [0.2, 0.25) is 0 Å². The van der Waals surface area contributed by atoms with Crippen LogP contribution in [0.15, 0.2) is 54.6 Å². The molecule has 0 fully saturated rings. The van der Waals surface area contributed by atoms with Gasteiger partial charge in [0.1, 0.15) is 5.82 Å². The zero-order valence-electron chi connectivity index (χ0n) is 11.1. The molecule has 2 rings (SSSR count). The molecule has 0 unspecified atom stereocenters. The molecule has 0 saturated heterocycles. The van der Waals surface area contributed by atoms with Crippen molar-refractivity contribution in [2.45, 2.75) is 13.0 Å². The van der Waals surface area contributed by atoms with Gasteiger partial charge in [-0.2, -0.15) is 0 Å². The second-order valence-electron chi connectivity index (χ2n) is 4.47. The number of urea groups is 1. The minimum atomic E-state index is -0.297. The number of carbonyl (C=O) groups is 1. The minimum absolute atomic E-state index is 0.245. The number of benzene rings is 2. The molecule has 0 aliphatic heterocycles. The fourth-order valence-corrected chi connectivity index (χ4v) is 1.86. The molecule has 0 spiro atoms. The van der Waals surface area contributed by atoms with Crippen molar-refractivity contribution in [3.05, 3.63) is 71.5 Å². The van der Waals surface area contributed by atoms with E-state index in [2.05, 4.69) is 10.6 Å². The zero-order valence-corrected chi connectivity index (χ0v) is 11.1. The minimum Gasteiger partial charge on any atom is -0.338 e. The Balaban J connectivity index is 1.68. The van der Waals surface area contributed by atoms with Crippen LogP contribution in [0.4, 0.5) is 9.18 Å². The van der Waals surface area contributed by atoms with E-state index in [-0.39, 0.29) is 11.8 Å². The standard InChI is InChI=1S/C16H17FN2O/c17-15-8-4-7-14(11-15)12-19-16(20)18-10-9-13-5-2-1-3-6-13/h1-8,11H,9-10,12H2,(H2,18,19,20). The van der Waals surface area contributed by atoms with Gasteiger partial charge in [-0.3, -0.25) is 0 Å². The summed E-state index contributed by atoms with van der Waals surface area (Å²) in [6.07, 6.45) is 0.786. The third kappa shape index (κ3) is 4.72. The fourth-order valence-electron chi connectivity index (χ4n) is 1.86. The SMILES string of the molecule is O=C(NCCc1ccccc1)NCc1cccc(F)c1. The smallest absolute Gasteiger partial charge is 0.315 e. The average Bonchev–Trinajstić information content (AvgIpc) is 2.46. The Labute approximate surface area is 117 Å². The fraction of sp³-hybridized carbons (Fsp3) is 0.188. The van der Waals surface area contributed by atoms with Gasteiger partial charge in [0.25, 0.3) is 0 Å². The summed E-state index contributed by atoms with van der Waals surface area (Å²) in [5, 5.41) is 5.47. The van der Waals surface area contributed by atoms with Crippen molar-refractivity contribution in [1.29, 1.82) is 0 Å². The van der Waals surface area contributed by atoms with Gasteiger partial charge >= 0.3 is 6.03 Å². The van der Waals surface area contributed by atoms with Crippen molar-refractivity contribution < 1.29 is 9.18 Å². The number of halogens is 1. The summed E-state index contributed by atoms with van der Waals surface area (Å²) in [5.74, 6) is -0.297. The summed E-state index contributed by atoms with van der Waals surface area (Å²) in [6, 6.07) is 15.9. The summed E-state index contributed by atoms with van der Waals surface area (Å²) in [7, 11) is 0. The van der Waals surface area contributed by atoms with Crippen LogP contribution in [0.25, 0.3) is 0 Å². The molecular weight excluding hydrogens is 255 g/mol. The van der Waals surface area contributed by atoms with E-state index in [0.717, 1.165) is 12.0 Å². The zero-order chi connectivity index (χ0) is 14.2. The molecule has 0 heterocycles. The summed E-state index contributed by atoms with van der Waals surface area (Å²) < 4.78 is 13.0. The van der Waals surface area contributed by atoms with Crippen LogP contribution in [-0.4, -0.2) is 12.6 Å². The van der Waals surface area contributed by atoms with E-state index in [0.29, 0.717) is 13.1 Å². The largest absolute Gasteiger partial charge is 0.338 e. The van der Waals surface area contributed by atoms with Crippen molar-refractivity contribution in [2.24, 2.45) is 0 Å². The molecule has 2 amide bonds. The molecule has 2 aromatic carbocycles. The number of hydrogen-bond donors (Lipinski definition) is 2. The first-order chi connectivity index (χ1) is 9.74. The van der Waals surface area contributed by atoms with Gasteiger partial charge in [-0.05, 0) is 29.7 Å². The van der Waals surface area contributed by atoms with Crippen molar-refractivity contribution in [3.8, 4) is 0 Å². The number of nitrogens with one attached hydrogen (secondary N) is 2. The second-order valence-corrected chi connectivity index (χ2v) is 4.47. The number of amides is 2. The normalized spacial score (nSPS) is 10.1. The van der Waals surface area contributed by atoms with E-state index < -0.39 is 0 Å². The van der Waals surface area contributed by atoms with Gasteiger partial charge in [-0.1, -0.05) is 42.5 Å². The van der Waals surface area contributed by atoms with Crippen LogP contribution in [0, 0.1) is 5.82 Å². The Morgan fingerprint density at radius 3 is 2.45 bits per heavy atom. The summed E-state index contributed by atoms with van der Waals surface area (Å²) in [6.45, 7) is 0.883. The maximum Gasteiger partial charge on any atom is 0.315 e. The highest BCUT2D eigenvalue weighted by Gasteiger charge is 2.01. The molecule has 2 N–H and O–H groups in total. The molecule has 104 valence electrons. The predicted molar refractivity (Wildman–Crippen MR) is 76.8 cm³/mol. The Morgan fingerprint density at radius 2 is 1.70 bits per heavy atom. The van der Waals surface area contributed by atoms with Gasteiger partial charge in [0.05, 0.1) is 0 Å². The molecule has 2 aromatic rings. The van der Waals surface area contributed by atoms with Crippen molar-refractivity contribution in [2.75, 3.05) is 6.54 Å². The van der Waals surface area contributed by atoms with Crippen LogP contribution in [0.1, 0.15) is 11.1 Å². The Morgan fingerprint density at radius 1 is 0.950 bits per heavy atom. The van der Waals surface area contributed by atoms with Crippen LogP contribution in [0.5, 0.6) is 0 Å². The van der Waals surface area contributed by atoms with E-state index in [1.54, 1.807) is 12.1 Å². The number of carbonyl (C=O) groups excluding carboxylic acids is 1. The van der Waals surface area contributed by atoms with E-state index >= 15 is 0 Å². The Bertz CT molecular complexity index is 557. The summed E-state index contributed by atoms with van der Waals surface area (Å²) in [5.41, 5.74) is 1.92. The molecule has 3 nitrogen and oxygen atoms in total. The van der Waals surface area contributed by atoms with E-state index in [1.807, 2.05) is 30.3 Å². The molecule has 0 bridgehead atoms. The van der Waals surface area contributed by atoms with E-state index in [9.17, 15) is 9.18 Å². The molecule has 0 atom stereocenters. The molecular formula is C16H17FN2O. The number of hydrogen-bond acceptors (Lipinski definition) is 1. The summed E-state index contributed by atoms with van der Waals surface area (Å²) >= 11 is 0. The first-order valence-corrected chi connectivity index (χ1v) is 6.54. The van der Waals surface area contributed by atoms with Gasteiger partial charge in [-0.25, -0.2) is 9.18 Å². The van der Waals surface area contributed by atoms with Gasteiger partial charge < -0.3 is 10.6 Å². The van der Waals surface area contributed by atoms with Gasteiger partial charge in [-0.15, -0.1) is 0 Å². The van der Waals surface area contributed by atoms with Crippen molar-refractivity contribution in [1.82, 2.24) is 10.6 Å². The van der Waals surface area contributed by atoms with E-state index in [4.69, 9.17) is 0 Å². The molecule has 0 saturated carbocycles. The molecule has 0 aliphatic rings. The van der Waals surface area contributed by atoms with Crippen LogP contribution in [0.3, 0.4) is 0 Å². The second kappa shape index (κ2) is 7.28. The molecule has 0 radical (unpaired) electrons. The lowest BCUT2D eigenvalue weighted by molar-refractivity contribution is 0.240. The summed E-state index contributed by atoms with van der Waals surface area (Å²) in [4.78, 5) is 11.6. The third-order valence-corrected chi connectivity index (χ3v) is 2.88. The van der Waals surface area contributed by atoms with Crippen molar-refractivity contribution in [3.63, 3.8) is 0 Å². The maximum atomic E-state index is 13.0. The highest BCUT2D eigenvalue weighted by Crippen LogP contribution is 2.02. The lowest BCUT2D eigenvalue weighted by Crippen LogP contribution is -2.36. The quantitative estimate of drug-likeness (QED) is 0.863. The maximum absolute atomic E-state index is 13.0. The van der Waals surface area contributed by atoms with Gasteiger partial charge in [0.15, 0.2) is 0 Å². The van der Waals surface area contributed by atoms with Crippen LogP contribution in [-0.2, 0) is 13.0 Å².